The first-order valence-electron chi connectivity index (χ1n) is 6.94. The van der Waals surface area contributed by atoms with Gasteiger partial charge in [-0.2, -0.15) is 0 Å². The fourth-order valence-corrected chi connectivity index (χ4v) is 3.55. The van der Waals surface area contributed by atoms with Crippen molar-refractivity contribution in [1.82, 2.24) is 0 Å². The third-order valence-corrected chi connectivity index (χ3v) is 4.90. The van der Waals surface area contributed by atoms with Gasteiger partial charge in [0.25, 0.3) is 0 Å². The normalized spacial score (nSPS) is 28.1. The summed E-state index contributed by atoms with van der Waals surface area (Å²) in [7, 11) is 0. The summed E-state index contributed by atoms with van der Waals surface area (Å²) in [6.07, 6.45) is 8.17. The van der Waals surface area contributed by atoms with Crippen molar-refractivity contribution in [3.05, 3.63) is 28.5 Å². The first-order chi connectivity index (χ1) is 8.72. The lowest BCUT2D eigenvalue weighted by Gasteiger charge is -2.30. The molecule has 2 saturated carbocycles. The molecule has 2 fully saturated rings. The van der Waals surface area contributed by atoms with Gasteiger partial charge in [0.2, 0.25) is 0 Å². The van der Waals surface area contributed by atoms with E-state index in [1.165, 1.54) is 44.6 Å². The number of anilines is 1. The molecule has 1 nitrogen and oxygen atoms in total. The van der Waals surface area contributed by atoms with Crippen molar-refractivity contribution < 1.29 is 4.39 Å². The molecule has 1 aromatic rings. The van der Waals surface area contributed by atoms with Gasteiger partial charge in [0.1, 0.15) is 5.82 Å². The van der Waals surface area contributed by atoms with Crippen LogP contribution in [0.1, 0.15) is 38.5 Å². The molecule has 1 aromatic carbocycles. The van der Waals surface area contributed by atoms with Crippen LogP contribution in [0.25, 0.3) is 0 Å². The van der Waals surface area contributed by atoms with Gasteiger partial charge in [-0.05, 0) is 71.6 Å². The van der Waals surface area contributed by atoms with Crippen molar-refractivity contribution in [2.24, 2.45) is 11.8 Å². The maximum atomic E-state index is 13.2. The Morgan fingerprint density at radius 1 is 1.11 bits per heavy atom. The lowest BCUT2D eigenvalue weighted by molar-refractivity contribution is 0.303. The summed E-state index contributed by atoms with van der Waals surface area (Å²) in [6.45, 7) is 0. The van der Waals surface area contributed by atoms with Gasteiger partial charge < -0.3 is 5.32 Å². The second-order valence-electron chi connectivity index (χ2n) is 5.73. The highest BCUT2D eigenvalue weighted by atomic mass is 79.9. The van der Waals surface area contributed by atoms with Crippen LogP contribution in [0.3, 0.4) is 0 Å². The minimum atomic E-state index is -0.194. The van der Waals surface area contributed by atoms with Crippen LogP contribution in [0.15, 0.2) is 22.7 Å². The predicted octanol–water partition coefficient (Wildman–Crippen LogP) is 4.97. The van der Waals surface area contributed by atoms with E-state index in [0.29, 0.717) is 10.5 Å². The zero-order valence-electron chi connectivity index (χ0n) is 10.5. The molecule has 18 heavy (non-hydrogen) atoms. The highest BCUT2D eigenvalue weighted by molar-refractivity contribution is 9.10. The third kappa shape index (κ3) is 2.87. The monoisotopic (exact) mass is 311 g/mol. The zero-order chi connectivity index (χ0) is 12.5. The summed E-state index contributed by atoms with van der Waals surface area (Å²) >= 11 is 3.24. The van der Waals surface area contributed by atoms with Crippen molar-refractivity contribution in [3.8, 4) is 0 Å². The van der Waals surface area contributed by atoms with Crippen molar-refractivity contribution in [2.45, 2.75) is 44.6 Å². The van der Waals surface area contributed by atoms with Gasteiger partial charge in [-0.1, -0.05) is 12.8 Å². The molecular weight excluding hydrogens is 293 g/mol. The number of benzene rings is 1. The molecule has 98 valence electrons. The van der Waals surface area contributed by atoms with E-state index in [-0.39, 0.29) is 5.82 Å². The van der Waals surface area contributed by atoms with E-state index >= 15 is 0 Å². The largest absolute Gasteiger partial charge is 0.382 e. The molecule has 0 heterocycles. The van der Waals surface area contributed by atoms with Gasteiger partial charge in [-0.15, -0.1) is 0 Å². The van der Waals surface area contributed by atoms with Crippen LogP contribution < -0.4 is 5.32 Å². The fraction of sp³-hybridized carbons (Fsp3) is 0.600. The summed E-state index contributed by atoms with van der Waals surface area (Å²) < 4.78 is 13.7. The van der Waals surface area contributed by atoms with Crippen molar-refractivity contribution in [1.29, 1.82) is 0 Å². The molecule has 1 N–H and O–H groups in total. The van der Waals surface area contributed by atoms with Gasteiger partial charge in [-0.3, -0.25) is 0 Å². The Morgan fingerprint density at radius 2 is 1.94 bits per heavy atom. The van der Waals surface area contributed by atoms with Crippen LogP contribution in [-0.2, 0) is 0 Å². The Morgan fingerprint density at radius 3 is 2.67 bits per heavy atom. The van der Waals surface area contributed by atoms with Gasteiger partial charge >= 0.3 is 0 Å². The molecule has 3 heteroatoms. The molecule has 0 saturated heterocycles. The van der Waals surface area contributed by atoms with Gasteiger partial charge in [0.15, 0.2) is 0 Å². The molecule has 0 aromatic heterocycles. The zero-order valence-corrected chi connectivity index (χ0v) is 12.0. The molecule has 0 spiro atoms. The van der Waals surface area contributed by atoms with Crippen LogP contribution in [0.5, 0.6) is 0 Å². The Labute approximate surface area is 116 Å². The number of nitrogens with one attached hydrogen (secondary N) is 1. The van der Waals surface area contributed by atoms with Crippen molar-refractivity contribution in [3.63, 3.8) is 0 Å². The van der Waals surface area contributed by atoms with E-state index in [1.807, 2.05) is 12.1 Å². The lowest BCUT2D eigenvalue weighted by atomic mass is 9.82. The van der Waals surface area contributed by atoms with Crippen LogP contribution in [-0.4, -0.2) is 6.04 Å². The van der Waals surface area contributed by atoms with Crippen LogP contribution in [0.2, 0.25) is 0 Å². The van der Waals surface area contributed by atoms with E-state index in [4.69, 9.17) is 0 Å². The van der Waals surface area contributed by atoms with Crippen LogP contribution in [0, 0.1) is 17.7 Å². The molecule has 3 rings (SSSR count). The van der Waals surface area contributed by atoms with E-state index in [1.54, 1.807) is 0 Å². The molecule has 2 atom stereocenters. The number of hydrogen-bond acceptors (Lipinski definition) is 1. The van der Waals surface area contributed by atoms with Crippen LogP contribution in [0.4, 0.5) is 10.1 Å². The average molecular weight is 312 g/mol. The molecule has 0 radical (unpaired) electrons. The molecular formula is C15H19BrFN. The molecule has 0 aliphatic heterocycles. The lowest BCUT2D eigenvalue weighted by Crippen LogP contribution is -2.28. The van der Waals surface area contributed by atoms with Crippen molar-refractivity contribution >= 4 is 21.6 Å². The topological polar surface area (TPSA) is 12.0 Å². The Hall–Kier alpha value is -0.570. The Kier molecular flexibility index (Phi) is 3.60. The maximum Gasteiger partial charge on any atom is 0.137 e. The standard InChI is InChI=1S/C15H19BrFN/c16-14-9-13(6-7-15(14)17)18-12-3-1-2-11(8-12)10-4-5-10/h6-7,9-12,18H,1-5,8H2. The summed E-state index contributed by atoms with van der Waals surface area (Å²) in [5.41, 5.74) is 1.03. The first kappa shape index (κ1) is 12.5. The fourth-order valence-electron chi connectivity index (χ4n) is 3.18. The Balaban J connectivity index is 1.62. The SMILES string of the molecule is Fc1ccc(NC2CCCC(C3CC3)C2)cc1Br. The van der Waals surface area contributed by atoms with Crippen LogP contribution >= 0.6 is 15.9 Å². The average Bonchev–Trinajstić information content (AvgIpc) is 3.18. The first-order valence-corrected chi connectivity index (χ1v) is 7.73. The predicted molar refractivity (Wildman–Crippen MR) is 76.2 cm³/mol. The Bertz CT molecular complexity index is 431. The molecule has 2 unspecified atom stereocenters. The quantitative estimate of drug-likeness (QED) is 0.831. The molecule has 2 aliphatic carbocycles. The van der Waals surface area contributed by atoms with E-state index < -0.39 is 0 Å². The second-order valence-corrected chi connectivity index (χ2v) is 6.59. The number of halogens is 2. The number of rotatable bonds is 3. The second kappa shape index (κ2) is 5.20. The molecule has 0 amide bonds. The summed E-state index contributed by atoms with van der Waals surface area (Å²) in [6, 6.07) is 5.77. The van der Waals surface area contributed by atoms with E-state index in [9.17, 15) is 4.39 Å². The number of hydrogen-bond donors (Lipinski definition) is 1. The van der Waals surface area contributed by atoms with E-state index in [0.717, 1.165) is 17.5 Å². The third-order valence-electron chi connectivity index (χ3n) is 4.29. The molecule has 2 aliphatic rings. The smallest absolute Gasteiger partial charge is 0.137 e. The highest BCUT2D eigenvalue weighted by Gasteiger charge is 2.34. The summed E-state index contributed by atoms with van der Waals surface area (Å²) in [5, 5.41) is 3.56. The van der Waals surface area contributed by atoms with Gasteiger partial charge in [0.05, 0.1) is 4.47 Å². The van der Waals surface area contributed by atoms with Gasteiger partial charge in [0, 0.05) is 11.7 Å². The minimum Gasteiger partial charge on any atom is -0.382 e. The van der Waals surface area contributed by atoms with E-state index in [2.05, 4.69) is 21.2 Å². The summed E-state index contributed by atoms with van der Waals surface area (Å²) in [5.74, 6) is 1.75. The van der Waals surface area contributed by atoms with Gasteiger partial charge in [-0.25, -0.2) is 4.39 Å². The van der Waals surface area contributed by atoms with Crippen molar-refractivity contribution in [2.75, 3.05) is 5.32 Å². The summed E-state index contributed by atoms with van der Waals surface area (Å²) in [4.78, 5) is 0. The minimum absolute atomic E-state index is 0.194. The maximum absolute atomic E-state index is 13.2. The molecule has 0 bridgehead atoms. The highest BCUT2D eigenvalue weighted by Crippen LogP contribution is 2.44.